The van der Waals surface area contributed by atoms with Crippen LogP contribution in [0.15, 0.2) is 82.3 Å². The van der Waals surface area contributed by atoms with Crippen LogP contribution in [0.5, 0.6) is 0 Å². The fourth-order valence-corrected chi connectivity index (χ4v) is 4.27. The molecule has 0 radical (unpaired) electrons. The topological polar surface area (TPSA) is 99.2 Å². The van der Waals surface area contributed by atoms with Gasteiger partial charge in [0.05, 0.1) is 12.8 Å². The molecule has 2 aromatic carbocycles. The van der Waals surface area contributed by atoms with E-state index in [4.69, 9.17) is 9.15 Å². The average Bonchev–Trinajstić information content (AvgIpc) is 3.29. The van der Waals surface area contributed by atoms with Gasteiger partial charge in [0.1, 0.15) is 29.1 Å². The predicted octanol–water partition coefficient (Wildman–Crippen LogP) is 5.72. The summed E-state index contributed by atoms with van der Waals surface area (Å²) >= 11 is 0. The molecule has 0 aliphatic rings. The summed E-state index contributed by atoms with van der Waals surface area (Å²) in [6.07, 6.45) is 4.79. The van der Waals surface area contributed by atoms with Crippen LogP contribution in [-0.4, -0.2) is 27.1 Å². The lowest BCUT2D eigenvalue weighted by molar-refractivity contribution is -0.144. The molecule has 0 unspecified atom stereocenters. The van der Waals surface area contributed by atoms with E-state index in [0.29, 0.717) is 18.1 Å². The van der Waals surface area contributed by atoms with Crippen molar-refractivity contribution >= 4 is 33.6 Å². The number of carbonyl (C=O) groups is 1. The van der Waals surface area contributed by atoms with E-state index in [0.717, 1.165) is 40.3 Å². The minimum atomic E-state index is -0.489. The standard InChI is InChI=1S/C29H28N4O4/c1-3-4-15-36-27(34)18-33-28(23-10-7-8-14-30-23)31-17-24(29(33)35)32-19(2)20-12-13-26-22(16-20)21-9-5-6-11-25(21)37-26/h5-14,16-17,19,32H,3-4,15,18H2,1-2H3/t19-/m0/s1. The Labute approximate surface area is 213 Å². The molecule has 0 fully saturated rings. The van der Waals surface area contributed by atoms with Crippen LogP contribution in [0.4, 0.5) is 5.69 Å². The molecule has 0 amide bonds. The van der Waals surface area contributed by atoms with Crippen molar-refractivity contribution in [2.24, 2.45) is 0 Å². The third-order valence-electron chi connectivity index (χ3n) is 6.26. The number of aromatic nitrogens is 3. The fourth-order valence-electron chi connectivity index (χ4n) is 4.27. The summed E-state index contributed by atoms with van der Waals surface area (Å²) < 4.78 is 12.6. The van der Waals surface area contributed by atoms with Crippen molar-refractivity contribution < 1.29 is 13.9 Å². The Morgan fingerprint density at radius 1 is 1.05 bits per heavy atom. The number of unbranched alkanes of at least 4 members (excludes halogenated alkanes) is 1. The highest BCUT2D eigenvalue weighted by atomic mass is 16.5. The summed E-state index contributed by atoms with van der Waals surface area (Å²) in [5.41, 5.74) is 3.03. The lowest BCUT2D eigenvalue weighted by atomic mass is 10.0. The van der Waals surface area contributed by atoms with Crippen LogP contribution in [0.3, 0.4) is 0 Å². The second-order valence-electron chi connectivity index (χ2n) is 8.90. The summed E-state index contributed by atoms with van der Waals surface area (Å²) in [6.45, 7) is 4.05. The molecular formula is C29H28N4O4. The number of carbonyl (C=O) groups excluding carboxylic acids is 1. The SMILES string of the molecule is CCCCOC(=O)Cn1c(-c2ccccn2)ncc(N[C@@H](C)c2ccc3oc4ccccc4c3c2)c1=O. The molecule has 0 saturated carbocycles. The predicted molar refractivity (Wildman–Crippen MR) is 143 cm³/mol. The Kier molecular flexibility index (Phi) is 6.98. The van der Waals surface area contributed by atoms with Gasteiger partial charge in [-0.05, 0) is 49.2 Å². The average molecular weight is 497 g/mol. The van der Waals surface area contributed by atoms with Crippen LogP contribution >= 0.6 is 0 Å². The van der Waals surface area contributed by atoms with Crippen LogP contribution in [0.1, 0.15) is 38.3 Å². The molecular weight excluding hydrogens is 468 g/mol. The first-order valence-corrected chi connectivity index (χ1v) is 12.4. The fraction of sp³-hybridized carbons (Fsp3) is 0.241. The molecule has 8 heteroatoms. The number of nitrogens with one attached hydrogen (secondary N) is 1. The summed E-state index contributed by atoms with van der Waals surface area (Å²) in [7, 11) is 0. The Balaban J connectivity index is 1.46. The zero-order chi connectivity index (χ0) is 25.8. The lowest BCUT2D eigenvalue weighted by Crippen LogP contribution is -2.30. The van der Waals surface area contributed by atoms with Gasteiger partial charge in [0.15, 0.2) is 5.82 Å². The van der Waals surface area contributed by atoms with E-state index in [-0.39, 0.29) is 23.8 Å². The second-order valence-corrected chi connectivity index (χ2v) is 8.90. The molecule has 1 atom stereocenters. The number of rotatable bonds is 9. The highest BCUT2D eigenvalue weighted by Crippen LogP contribution is 2.31. The molecule has 0 aliphatic heterocycles. The van der Waals surface area contributed by atoms with Crippen molar-refractivity contribution in [3.8, 4) is 11.5 Å². The van der Waals surface area contributed by atoms with Gasteiger partial charge in [0, 0.05) is 23.0 Å². The number of esters is 1. The normalized spacial score (nSPS) is 12.1. The van der Waals surface area contributed by atoms with E-state index < -0.39 is 5.97 Å². The zero-order valence-electron chi connectivity index (χ0n) is 20.8. The van der Waals surface area contributed by atoms with Gasteiger partial charge in [0.25, 0.3) is 5.56 Å². The number of nitrogens with zero attached hydrogens (tertiary/aromatic N) is 3. The van der Waals surface area contributed by atoms with E-state index in [1.807, 2.05) is 56.3 Å². The summed E-state index contributed by atoms with van der Waals surface area (Å²) in [6, 6.07) is 19.0. The maximum Gasteiger partial charge on any atom is 0.326 e. The third-order valence-corrected chi connectivity index (χ3v) is 6.26. The van der Waals surface area contributed by atoms with Crippen molar-refractivity contribution in [3.05, 3.63) is 89.0 Å². The lowest BCUT2D eigenvalue weighted by Gasteiger charge is -2.18. The molecule has 1 N–H and O–H groups in total. The molecule has 37 heavy (non-hydrogen) atoms. The molecule has 0 saturated heterocycles. The highest BCUT2D eigenvalue weighted by Gasteiger charge is 2.18. The summed E-state index contributed by atoms with van der Waals surface area (Å²) in [5, 5.41) is 5.33. The third kappa shape index (κ3) is 5.09. The quantitative estimate of drug-likeness (QED) is 0.206. The number of hydrogen-bond acceptors (Lipinski definition) is 7. The molecule has 3 aromatic heterocycles. The van der Waals surface area contributed by atoms with E-state index in [1.165, 1.54) is 10.8 Å². The number of fused-ring (bicyclic) bond motifs is 3. The number of ether oxygens (including phenoxy) is 1. The molecule has 5 rings (SSSR count). The first-order chi connectivity index (χ1) is 18.0. The molecule has 188 valence electrons. The minimum absolute atomic E-state index is 0.210. The van der Waals surface area contributed by atoms with Crippen LogP contribution in [0, 0.1) is 0 Å². The van der Waals surface area contributed by atoms with Crippen LogP contribution in [0.2, 0.25) is 0 Å². The van der Waals surface area contributed by atoms with Gasteiger partial charge in [-0.25, -0.2) is 4.98 Å². The zero-order valence-corrected chi connectivity index (χ0v) is 20.8. The molecule has 0 aliphatic carbocycles. The van der Waals surface area contributed by atoms with Crippen LogP contribution < -0.4 is 10.9 Å². The second kappa shape index (κ2) is 10.7. The number of anilines is 1. The van der Waals surface area contributed by atoms with Gasteiger partial charge in [-0.15, -0.1) is 0 Å². The smallest absolute Gasteiger partial charge is 0.326 e. The summed E-state index contributed by atoms with van der Waals surface area (Å²) in [4.78, 5) is 34.9. The van der Waals surface area contributed by atoms with E-state index >= 15 is 0 Å². The van der Waals surface area contributed by atoms with Gasteiger partial charge in [-0.1, -0.05) is 43.7 Å². The van der Waals surface area contributed by atoms with Crippen molar-refractivity contribution in [2.75, 3.05) is 11.9 Å². The van der Waals surface area contributed by atoms with Gasteiger partial charge in [-0.2, -0.15) is 0 Å². The number of hydrogen-bond donors (Lipinski definition) is 1. The van der Waals surface area contributed by atoms with Gasteiger partial charge < -0.3 is 14.5 Å². The van der Waals surface area contributed by atoms with Crippen LogP contribution in [0.25, 0.3) is 33.5 Å². The Hall–Kier alpha value is -4.46. The first kappa shape index (κ1) is 24.2. The van der Waals surface area contributed by atoms with E-state index in [2.05, 4.69) is 21.4 Å². The Morgan fingerprint density at radius 3 is 2.68 bits per heavy atom. The van der Waals surface area contributed by atoms with Crippen molar-refractivity contribution in [2.45, 2.75) is 39.3 Å². The highest BCUT2D eigenvalue weighted by molar-refractivity contribution is 6.05. The Morgan fingerprint density at radius 2 is 1.86 bits per heavy atom. The van der Waals surface area contributed by atoms with Gasteiger partial charge in [-0.3, -0.25) is 19.1 Å². The van der Waals surface area contributed by atoms with Crippen LogP contribution in [-0.2, 0) is 16.1 Å². The minimum Gasteiger partial charge on any atom is -0.464 e. The largest absolute Gasteiger partial charge is 0.464 e. The van der Waals surface area contributed by atoms with E-state index in [1.54, 1.807) is 18.3 Å². The van der Waals surface area contributed by atoms with Crippen molar-refractivity contribution in [1.29, 1.82) is 0 Å². The number of para-hydroxylation sites is 1. The van der Waals surface area contributed by atoms with Crippen molar-refractivity contribution in [3.63, 3.8) is 0 Å². The monoisotopic (exact) mass is 496 g/mol. The molecule has 3 heterocycles. The summed E-state index contributed by atoms with van der Waals surface area (Å²) in [5.74, 6) is -0.181. The van der Waals surface area contributed by atoms with Crippen molar-refractivity contribution in [1.82, 2.24) is 14.5 Å². The van der Waals surface area contributed by atoms with E-state index in [9.17, 15) is 9.59 Å². The molecule has 8 nitrogen and oxygen atoms in total. The first-order valence-electron chi connectivity index (χ1n) is 12.4. The van der Waals surface area contributed by atoms with Gasteiger partial charge in [0.2, 0.25) is 0 Å². The molecule has 5 aromatic rings. The molecule has 0 spiro atoms. The number of pyridine rings is 1. The molecule has 0 bridgehead atoms. The Bertz CT molecular complexity index is 1610. The van der Waals surface area contributed by atoms with Gasteiger partial charge >= 0.3 is 5.97 Å². The number of benzene rings is 2. The maximum absolute atomic E-state index is 13.6. The maximum atomic E-state index is 13.6. The number of furan rings is 1.